The molecule has 0 aliphatic carbocycles. The predicted molar refractivity (Wildman–Crippen MR) is 117 cm³/mol. The fourth-order valence-electron chi connectivity index (χ4n) is 3.42. The number of methoxy groups -OCH3 is 3. The third kappa shape index (κ3) is 3.78. The van der Waals surface area contributed by atoms with E-state index >= 15 is 0 Å². The van der Waals surface area contributed by atoms with E-state index in [-0.39, 0.29) is 6.04 Å². The summed E-state index contributed by atoms with van der Waals surface area (Å²) in [6.07, 6.45) is 0.873. The normalized spacial score (nSPS) is 15.9. The molecule has 1 unspecified atom stereocenters. The van der Waals surface area contributed by atoms with Gasteiger partial charge in [-0.2, -0.15) is 5.10 Å². The van der Waals surface area contributed by atoms with Gasteiger partial charge in [-0.1, -0.05) is 12.1 Å². The van der Waals surface area contributed by atoms with Crippen molar-refractivity contribution in [3.05, 3.63) is 53.4 Å². The van der Waals surface area contributed by atoms with Gasteiger partial charge in [0, 0.05) is 23.1 Å². The monoisotopic (exact) mass is 409 g/mol. The standard InChI is InChI=1S/C22H23N3O3S/c1-14-11-19(15-5-8-17(26-2)9-6-15)25(24-14)22-23-18(13-29-22)16-7-10-20(27-3)21(12-16)28-4/h5-10,12-13,19H,11H2,1-4H3. The van der Waals surface area contributed by atoms with Crippen LogP contribution in [0.25, 0.3) is 11.3 Å². The molecular weight excluding hydrogens is 386 g/mol. The molecule has 0 radical (unpaired) electrons. The Labute approximate surface area is 174 Å². The summed E-state index contributed by atoms with van der Waals surface area (Å²) in [4.78, 5) is 4.85. The summed E-state index contributed by atoms with van der Waals surface area (Å²) < 4.78 is 16.0. The molecular formula is C22H23N3O3S. The first-order valence-corrected chi connectivity index (χ1v) is 10.2. The van der Waals surface area contributed by atoms with Crippen LogP contribution in [-0.4, -0.2) is 32.0 Å². The number of hydrogen-bond donors (Lipinski definition) is 0. The van der Waals surface area contributed by atoms with Gasteiger partial charge in [0.2, 0.25) is 5.13 Å². The van der Waals surface area contributed by atoms with Crippen molar-refractivity contribution in [2.45, 2.75) is 19.4 Å². The molecule has 0 fully saturated rings. The topological polar surface area (TPSA) is 56.2 Å². The first-order chi connectivity index (χ1) is 14.1. The highest BCUT2D eigenvalue weighted by Crippen LogP contribution is 2.39. The number of benzene rings is 2. The summed E-state index contributed by atoms with van der Waals surface area (Å²) in [5.41, 5.74) is 4.15. The molecule has 150 valence electrons. The van der Waals surface area contributed by atoms with Crippen LogP contribution in [0.3, 0.4) is 0 Å². The SMILES string of the molecule is COc1ccc(C2CC(C)=NN2c2nc(-c3ccc(OC)c(OC)c3)cs2)cc1. The van der Waals surface area contributed by atoms with Crippen LogP contribution in [0.5, 0.6) is 17.2 Å². The van der Waals surface area contributed by atoms with Gasteiger partial charge < -0.3 is 14.2 Å². The van der Waals surface area contributed by atoms with Crippen LogP contribution in [0, 0.1) is 0 Å². The van der Waals surface area contributed by atoms with Gasteiger partial charge in [0.1, 0.15) is 5.75 Å². The van der Waals surface area contributed by atoms with E-state index in [1.807, 2.05) is 40.7 Å². The number of hydrogen-bond acceptors (Lipinski definition) is 7. The maximum Gasteiger partial charge on any atom is 0.207 e. The summed E-state index contributed by atoms with van der Waals surface area (Å²) in [6.45, 7) is 2.05. The van der Waals surface area contributed by atoms with E-state index in [1.165, 1.54) is 5.56 Å². The predicted octanol–water partition coefficient (Wildman–Crippen LogP) is 5.16. The molecule has 3 aromatic rings. The lowest BCUT2D eigenvalue weighted by atomic mass is 10.0. The van der Waals surface area contributed by atoms with E-state index in [9.17, 15) is 0 Å². The Bertz CT molecular complexity index is 1030. The van der Waals surface area contributed by atoms with E-state index in [0.717, 1.165) is 34.3 Å². The Kier molecular flexibility index (Phi) is 5.40. The lowest BCUT2D eigenvalue weighted by Gasteiger charge is -2.21. The molecule has 0 amide bonds. The molecule has 29 heavy (non-hydrogen) atoms. The Balaban J connectivity index is 1.63. The smallest absolute Gasteiger partial charge is 0.207 e. The minimum absolute atomic E-state index is 0.130. The van der Waals surface area contributed by atoms with Crippen molar-refractivity contribution in [2.75, 3.05) is 26.3 Å². The van der Waals surface area contributed by atoms with Crippen molar-refractivity contribution in [1.29, 1.82) is 0 Å². The Hall–Kier alpha value is -3.06. The third-order valence-corrected chi connectivity index (χ3v) is 5.76. The molecule has 0 saturated heterocycles. The molecule has 2 heterocycles. The fourth-order valence-corrected chi connectivity index (χ4v) is 4.25. The molecule has 1 aromatic heterocycles. The van der Waals surface area contributed by atoms with Crippen molar-refractivity contribution < 1.29 is 14.2 Å². The van der Waals surface area contributed by atoms with Crippen molar-refractivity contribution >= 4 is 22.2 Å². The number of aromatic nitrogens is 1. The zero-order valence-corrected chi connectivity index (χ0v) is 17.7. The summed E-state index contributed by atoms with van der Waals surface area (Å²) in [5, 5.41) is 9.68. The van der Waals surface area contributed by atoms with Gasteiger partial charge in [0.25, 0.3) is 0 Å². The van der Waals surface area contributed by atoms with Crippen molar-refractivity contribution in [3.63, 3.8) is 0 Å². The fraction of sp³-hybridized carbons (Fsp3) is 0.273. The molecule has 0 saturated carbocycles. The lowest BCUT2D eigenvalue weighted by Crippen LogP contribution is -2.18. The van der Waals surface area contributed by atoms with Gasteiger partial charge in [-0.05, 0) is 42.8 Å². The molecule has 1 atom stereocenters. The van der Waals surface area contributed by atoms with Gasteiger partial charge >= 0.3 is 0 Å². The number of nitrogens with zero attached hydrogens (tertiary/aromatic N) is 3. The second kappa shape index (κ2) is 8.13. The summed E-state index contributed by atoms with van der Waals surface area (Å²) >= 11 is 1.58. The van der Waals surface area contributed by atoms with Gasteiger partial charge in [0.05, 0.1) is 33.1 Å². The van der Waals surface area contributed by atoms with Crippen LogP contribution in [-0.2, 0) is 0 Å². The first kappa shape index (κ1) is 19.3. The Morgan fingerprint density at radius 2 is 1.72 bits per heavy atom. The highest BCUT2D eigenvalue weighted by atomic mass is 32.1. The molecule has 7 heteroatoms. The van der Waals surface area contributed by atoms with Crippen molar-refractivity contribution in [3.8, 4) is 28.5 Å². The minimum atomic E-state index is 0.130. The first-order valence-electron chi connectivity index (χ1n) is 9.28. The second-order valence-electron chi connectivity index (χ2n) is 6.76. The molecule has 0 N–H and O–H groups in total. The Morgan fingerprint density at radius 1 is 0.966 bits per heavy atom. The van der Waals surface area contributed by atoms with Crippen LogP contribution in [0.2, 0.25) is 0 Å². The lowest BCUT2D eigenvalue weighted by molar-refractivity contribution is 0.355. The average molecular weight is 410 g/mol. The molecule has 1 aliphatic heterocycles. The molecule has 0 bridgehead atoms. The van der Waals surface area contributed by atoms with Crippen LogP contribution >= 0.6 is 11.3 Å². The van der Waals surface area contributed by atoms with E-state index in [2.05, 4.69) is 19.1 Å². The second-order valence-corrected chi connectivity index (χ2v) is 7.59. The largest absolute Gasteiger partial charge is 0.497 e. The number of rotatable bonds is 6. The van der Waals surface area contributed by atoms with Gasteiger partial charge in [0.15, 0.2) is 11.5 Å². The van der Waals surface area contributed by atoms with Crippen molar-refractivity contribution in [1.82, 2.24) is 4.98 Å². The quantitative estimate of drug-likeness (QED) is 0.563. The van der Waals surface area contributed by atoms with E-state index < -0.39 is 0 Å². The molecule has 0 spiro atoms. The van der Waals surface area contributed by atoms with E-state index in [4.69, 9.17) is 24.3 Å². The Morgan fingerprint density at radius 3 is 2.41 bits per heavy atom. The molecule has 2 aromatic carbocycles. The van der Waals surface area contributed by atoms with Crippen LogP contribution in [0.15, 0.2) is 52.9 Å². The highest BCUT2D eigenvalue weighted by Gasteiger charge is 2.29. The van der Waals surface area contributed by atoms with E-state index in [0.29, 0.717) is 11.5 Å². The van der Waals surface area contributed by atoms with Crippen LogP contribution < -0.4 is 19.2 Å². The average Bonchev–Trinajstić information content (AvgIpc) is 3.40. The number of ether oxygens (including phenoxy) is 3. The molecule has 4 rings (SSSR count). The van der Waals surface area contributed by atoms with Gasteiger partial charge in [-0.3, -0.25) is 0 Å². The third-order valence-electron chi connectivity index (χ3n) is 4.93. The maximum atomic E-state index is 5.42. The van der Waals surface area contributed by atoms with Crippen LogP contribution in [0.4, 0.5) is 5.13 Å². The van der Waals surface area contributed by atoms with Gasteiger partial charge in [-0.15, -0.1) is 11.3 Å². The molecule has 6 nitrogen and oxygen atoms in total. The van der Waals surface area contributed by atoms with Crippen molar-refractivity contribution in [2.24, 2.45) is 5.10 Å². The number of hydrazone groups is 1. The summed E-state index contributed by atoms with van der Waals surface area (Å²) in [7, 11) is 4.94. The highest BCUT2D eigenvalue weighted by molar-refractivity contribution is 7.14. The van der Waals surface area contributed by atoms with E-state index in [1.54, 1.807) is 32.7 Å². The summed E-state index contributed by atoms with van der Waals surface area (Å²) in [6, 6.07) is 14.1. The summed E-state index contributed by atoms with van der Waals surface area (Å²) in [5.74, 6) is 2.23. The number of thiazole rings is 1. The zero-order valence-electron chi connectivity index (χ0n) is 16.9. The number of anilines is 1. The zero-order chi connectivity index (χ0) is 20.4. The maximum absolute atomic E-state index is 5.42. The van der Waals surface area contributed by atoms with Gasteiger partial charge in [-0.25, -0.2) is 9.99 Å². The van der Waals surface area contributed by atoms with Crippen LogP contribution in [0.1, 0.15) is 24.9 Å². The minimum Gasteiger partial charge on any atom is -0.497 e. The molecule has 1 aliphatic rings.